The molecule has 110 valence electrons. The number of aliphatic hydroxyl groups is 3. The van der Waals surface area contributed by atoms with Crippen molar-refractivity contribution in [3.63, 3.8) is 0 Å². The molecule has 0 radical (unpaired) electrons. The molecule has 0 aliphatic rings. The summed E-state index contributed by atoms with van der Waals surface area (Å²) >= 11 is 5.86. The minimum Gasteiger partial charge on any atom is -0.394 e. The van der Waals surface area contributed by atoms with Crippen molar-refractivity contribution < 1.29 is 20.1 Å². The average Bonchev–Trinajstić information content (AvgIpc) is 2.83. The Morgan fingerprint density at radius 3 is 2.75 bits per heavy atom. The van der Waals surface area contributed by atoms with Crippen LogP contribution in [0, 0.1) is 0 Å². The summed E-state index contributed by atoms with van der Waals surface area (Å²) in [5.41, 5.74) is 5.89. The predicted octanol–water partition coefficient (Wildman–Crippen LogP) is -1.08. The van der Waals surface area contributed by atoms with Gasteiger partial charge in [0.25, 0.3) is 0 Å². The van der Waals surface area contributed by atoms with Crippen LogP contribution in [0.2, 0.25) is 5.15 Å². The van der Waals surface area contributed by atoms with Gasteiger partial charge in [-0.05, 0) is 0 Å². The van der Waals surface area contributed by atoms with Crippen LogP contribution < -0.4 is 5.73 Å². The highest BCUT2D eigenvalue weighted by Gasteiger charge is 2.29. The molecule has 2 aromatic heterocycles. The lowest BCUT2D eigenvalue weighted by atomic mass is 10.2. The Kier molecular flexibility index (Phi) is 4.35. The number of halogens is 1. The van der Waals surface area contributed by atoms with Gasteiger partial charge in [0.2, 0.25) is 5.95 Å². The zero-order chi connectivity index (χ0) is 14.9. The molecule has 0 saturated carbocycles. The van der Waals surface area contributed by atoms with Crippen molar-refractivity contribution >= 4 is 28.7 Å². The molecule has 5 N–H and O–H groups in total. The molecule has 0 saturated heterocycles. The van der Waals surface area contributed by atoms with E-state index < -0.39 is 25.0 Å². The normalized spacial score (nSPS) is 16.2. The number of nitrogens with zero attached hydrogens (tertiary/aromatic N) is 4. The second-order valence-corrected chi connectivity index (χ2v) is 4.42. The number of nitrogen functional groups attached to an aromatic ring is 1. The van der Waals surface area contributed by atoms with Crippen LogP contribution in [0.4, 0.5) is 5.95 Å². The monoisotopic (exact) mass is 303 g/mol. The number of rotatable bonds is 5. The summed E-state index contributed by atoms with van der Waals surface area (Å²) in [7, 11) is 1.31. The largest absolute Gasteiger partial charge is 0.394 e. The quantitative estimate of drug-likeness (QED) is 0.511. The zero-order valence-electron chi connectivity index (χ0n) is 10.5. The van der Waals surface area contributed by atoms with E-state index in [2.05, 4.69) is 15.0 Å². The van der Waals surface area contributed by atoms with E-state index in [1.807, 2.05) is 0 Å². The molecule has 3 atom stereocenters. The fraction of sp³-hybridized carbons (Fsp3) is 0.500. The minimum absolute atomic E-state index is 0.0402. The smallest absolute Gasteiger partial charge is 0.223 e. The maximum Gasteiger partial charge on any atom is 0.223 e. The number of aliphatic hydroxyl groups excluding tert-OH is 3. The first-order chi connectivity index (χ1) is 9.49. The molecular formula is C10H14ClN5O4. The highest BCUT2D eigenvalue weighted by atomic mass is 35.5. The van der Waals surface area contributed by atoms with Crippen molar-refractivity contribution in [1.29, 1.82) is 0 Å². The molecule has 20 heavy (non-hydrogen) atoms. The van der Waals surface area contributed by atoms with Gasteiger partial charge < -0.3 is 25.8 Å². The summed E-state index contributed by atoms with van der Waals surface area (Å²) in [5.74, 6) is -0.0867. The van der Waals surface area contributed by atoms with Gasteiger partial charge in [0.15, 0.2) is 17.0 Å². The molecule has 0 spiro atoms. The highest BCUT2D eigenvalue weighted by molar-refractivity contribution is 6.33. The Morgan fingerprint density at radius 2 is 2.15 bits per heavy atom. The predicted molar refractivity (Wildman–Crippen MR) is 69.9 cm³/mol. The summed E-state index contributed by atoms with van der Waals surface area (Å²) in [6.45, 7) is -0.459. The van der Waals surface area contributed by atoms with E-state index in [0.717, 1.165) is 0 Å². The molecule has 0 fully saturated rings. The highest BCUT2D eigenvalue weighted by Crippen LogP contribution is 2.23. The summed E-state index contributed by atoms with van der Waals surface area (Å²) in [4.78, 5) is 11.6. The first-order valence-corrected chi connectivity index (χ1v) is 6.02. The van der Waals surface area contributed by atoms with Crippen molar-refractivity contribution in [2.45, 2.75) is 18.4 Å². The molecule has 10 heteroatoms. The number of anilines is 1. The number of hydrogen-bond donors (Lipinski definition) is 4. The first-order valence-electron chi connectivity index (χ1n) is 5.65. The number of aromatic nitrogens is 4. The third kappa shape index (κ3) is 2.53. The van der Waals surface area contributed by atoms with Crippen molar-refractivity contribution in [1.82, 2.24) is 19.5 Å². The van der Waals surface area contributed by atoms with Crippen LogP contribution in [0.5, 0.6) is 0 Å². The number of nitrogens with two attached hydrogens (primary N) is 1. The Balaban J connectivity index is 2.42. The van der Waals surface area contributed by atoms with E-state index in [4.69, 9.17) is 27.2 Å². The molecule has 0 aliphatic carbocycles. The standard InChI is InChI=1S/C10H14ClN5O4/c1-20-4(2-17)6(18)9(19)16-3-13-5-7(11)14-10(12)15-8(5)16/h3-4,6,9,17-19H,2H2,1H3,(H2,12,14,15)/t4-,6-,9-/m1/s1. The molecule has 2 heterocycles. The van der Waals surface area contributed by atoms with Crippen molar-refractivity contribution in [3.05, 3.63) is 11.5 Å². The molecule has 9 nitrogen and oxygen atoms in total. The van der Waals surface area contributed by atoms with E-state index in [9.17, 15) is 10.2 Å². The van der Waals surface area contributed by atoms with Crippen LogP contribution in [0.25, 0.3) is 11.2 Å². The lowest BCUT2D eigenvalue weighted by molar-refractivity contribution is -0.116. The van der Waals surface area contributed by atoms with Crippen molar-refractivity contribution in [2.75, 3.05) is 19.5 Å². The lowest BCUT2D eigenvalue weighted by Gasteiger charge is -2.25. The van der Waals surface area contributed by atoms with Crippen molar-refractivity contribution in [2.24, 2.45) is 0 Å². The van der Waals surface area contributed by atoms with Gasteiger partial charge in [-0.25, -0.2) is 4.98 Å². The molecule has 2 rings (SSSR count). The summed E-state index contributed by atoms with van der Waals surface area (Å²) < 4.78 is 6.03. The number of fused-ring (bicyclic) bond motifs is 1. The number of methoxy groups -OCH3 is 1. The minimum atomic E-state index is -1.44. The zero-order valence-corrected chi connectivity index (χ0v) is 11.3. The van der Waals surface area contributed by atoms with Crippen LogP contribution >= 0.6 is 11.6 Å². The Hall–Kier alpha value is -1.52. The molecule has 0 amide bonds. The topological polar surface area (TPSA) is 140 Å². The van der Waals surface area contributed by atoms with Gasteiger partial charge in [-0.2, -0.15) is 9.97 Å². The second-order valence-electron chi connectivity index (χ2n) is 4.06. The van der Waals surface area contributed by atoms with Gasteiger partial charge in [-0.3, -0.25) is 4.57 Å². The molecule has 0 aliphatic heterocycles. The van der Waals surface area contributed by atoms with E-state index in [1.54, 1.807) is 0 Å². The van der Waals surface area contributed by atoms with E-state index in [-0.39, 0.29) is 22.3 Å². The maximum absolute atomic E-state index is 10.1. The summed E-state index contributed by atoms with van der Waals surface area (Å²) in [5, 5.41) is 29.2. The molecule has 0 aromatic carbocycles. The lowest BCUT2D eigenvalue weighted by Crippen LogP contribution is -2.38. The average molecular weight is 304 g/mol. The summed E-state index contributed by atoms with van der Waals surface area (Å²) in [6.07, 6.45) is -2.56. The number of hydrogen-bond acceptors (Lipinski definition) is 8. The van der Waals surface area contributed by atoms with Crippen LogP contribution in [0.15, 0.2) is 6.33 Å². The Labute approximate surface area is 118 Å². The summed E-state index contributed by atoms with van der Waals surface area (Å²) in [6, 6.07) is 0. The fourth-order valence-corrected chi connectivity index (χ4v) is 1.99. The second kappa shape index (κ2) is 5.85. The van der Waals surface area contributed by atoms with Gasteiger partial charge in [0.05, 0.1) is 12.9 Å². The van der Waals surface area contributed by atoms with Gasteiger partial charge >= 0.3 is 0 Å². The third-order valence-electron chi connectivity index (χ3n) is 2.85. The molecule has 2 aromatic rings. The maximum atomic E-state index is 10.1. The molecule has 0 unspecified atom stereocenters. The van der Waals surface area contributed by atoms with Crippen LogP contribution in [0.1, 0.15) is 6.23 Å². The van der Waals surface area contributed by atoms with Crippen LogP contribution in [-0.4, -0.2) is 60.8 Å². The van der Waals surface area contributed by atoms with Gasteiger partial charge in [0.1, 0.15) is 17.7 Å². The Morgan fingerprint density at radius 1 is 1.45 bits per heavy atom. The van der Waals surface area contributed by atoms with Gasteiger partial charge in [-0.15, -0.1) is 0 Å². The van der Waals surface area contributed by atoms with Crippen LogP contribution in [0.3, 0.4) is 0 Å². The van der Waals surface area contributed by atoms with E-state index in [0.29, 0.717) is 0 Å². The first kappa shape index (κ1) is 14.9. The molecule has 0 bridgehead atoms. The van der Waals surface area contributed by atoms with Gasteiger partial charge in [-0.1, -0.05) is 11.6 Å². The third-order valence-corrected chi connectivity index (χ3v) is 3.11. The molecular weight excluding hydrogens is 290 g/mol. The van der Waals surface area contributed by atoms with Gasteiger partial charge in [0, 0.05) is 7.11 Å². The Bertz CT molecular complexity index is 603. The van der Waals surface area contributed by atoms with E-state index >= 15 is 0 Å². The van der Waals surface area contributed by atoms with Crippen molar-refractivity contribution in [3.8, 4) is 0 Å². The number of ether oxygens (including phenoxy) is 1. The van der Waals surface area contributed by atoms with E-state index in [1.165, 1.54) is 18.0 Å². The number of imidazole rings is 1. The SMILES string of the molecule is CO[C@H](CO)[C@@H](O)[C@@H](O)n1cnc2c(Cl)nc(N)nc21. The van der Waals surface area contributed by atoms with Crippen LogP contribution in [-0.2, 0) is 4.74 Å². The fourth-order valence-electron chi connectivity index (χ4n) is 1.77.